The lowest BCUT2D eigenvalue weighted by molar-refractivity contribution is -0.125. The number of hydrogen-bond acceptors (Lipinski definition) is 4. The summed E-state index contributed by atoms with van der Waals surface area (Å²) in [5.41, 5.74) is 2.44. The molecule has 5 nitrogen and oxygen atoms in total. The van der Waals surface area contributed by atoms with Crippen molar-refractivity contribution in [1.29, 1.82) is 0 Å². The number of phenols is 1. The van der Waals surface area contributed by atoms with E-state index in [1.807, 2.05) is 39.0 Å². The van der Waals surface area contributed by atoms with E-state index in [0.717, 1.165) is 11.1 Å². The van der Waals surface area contributed by atoms with E-state index in [1.54, 1.807) is 24.3 Å². The summed E-state index contributed by atoms with van der Waals surface area (Å²) >= 11 is 0. The lowest BCUT2D eigenvalue weighted by Crippen LogP contribution is -2.38. The Kier molecular flexibility index (Phi) is 4.25. The van der Waals surface area contributed by atoms with Gasteiger partial charge in [-0.25, -0.2) is 4.79 Å². The van der Waals surface area contributed by atoms with Crippen LogP contribution >= 0.6 is 0 Å². The molecule has 5 heteroatoms. The molecule has 1 unspecified atom stereocenters. The van der Waals surface area contributed by atoms with Crippen molar-refractivity contribution in [3.05, 3.63) is 59.2 Å². The van der Waals surface area contributed by atoms with Crippen LogP contribution in [0.25, 0.3) is 0 Å². The smallest absolute Gasteiger partial charge is 0.339 e. The molecule has 0 radical (unpaired) electrons. The molecule has 2 aromatic carbocycles. The molecule has 0 saturated heterocycles. The molecule has 0 saturated carbocycles. The van der Waals surface area contributed by atoms with E-state index in [2.05, 4.69) is 5.32 Å². The predicted octanol–water partition coefficient (Wildman–Crippen LogP) is 3.41. The van der Waals surface area contributed by atoms with Crippen molar-refractivity contribution in [2.24, 2.45) is 0 Å². The molecular formula is C20H21NO4. The number of phenolic OH excluding ortho intramolecular Hbond substituents is 1. The van der Waals surface area contributed by atoms with Crippen molar-refractivity contribution in [3.63, 3.8) is 0 Å². The van der Waals surface area contributed by atoms with Crippen LogP contribution in [0.4, 0.5) is 5.69 Å². The van der Waals surface area contributed by atoms with Gasteiger partial charge in [-0.1, -0.05) is 45.0 Å². The van der Waals surface area contributed by atoms with Crippen LogP contribution < -0.4 is 5.32 Å². The van der Waals surface area contributed by atoms with Crippen molar-refractivity contribution < 1.29 is 19.4 Å². The maximum absolute atomic E-state index is 12.5. The Labute approximate surface area is 146 Å². The number of carbonyl (C=O) groups excluding carboxylic acids is 2. The average molecular weight is 339 g/mol. The summed E-state index contributed by atoms with van der Waals surface area (Å²) in [5.74, 6) is -0.984. The average Bonchev–Trinajstić information content (AvgIpc) is 2.55. The van der Waals surface area contributed by atoms with E-state index in [1.165, 1.54) is 0 Å². The minimum absolute atomic E-state index is 0.0242. The fourth-order valence-corrected chi connectivity index (χ4v) is 2.79. The Morgan fingerprint density at radius 1 is 1.20 bits per heavy atom. The van der Waals surface area contributed by atoms with Gasteiger partial charge in [-0.3, -0.25) is 4.79 Å². The highest BCUT2D eigenvalue weighted by Crippen LogP contribution is 2.31. The summed E-state index contributed by atoms with van der Waals surface area (Å²) in [6.07, 6.45) is -0.604. The van der Waals surface area contributed by atoms with Gasteiger partial charge < -0.3 is 15.2 Å². The number of cyclic esters (lactones) is 1. The number of hydrogen-bond donors (Lipinski definition) is 2. The van der Waals surface area contributed by atoms with Crippen LogP contribution in [0.15, 0.2) is 42.5 Å². The Hall–Kier alpha value is -2.82. The Bertz CT molecular complexity index is 836. The number of ether oxygens (including phenoxy) is 1. The van der Waals surface area contributed by atoms with E-state index in [4.69, 9.17) is 4.74 Å². The van der Waals surface area contributed by atoms with Crippen LogP contribution in [-0.4, -0.2) is 23.1 Å². The molecule has 0 bridgehead atoms. The molecule has 1 aliphatic heterocycles. The molecule has 1 atom stereocenters. The second-order valence-corrected chi connectivity index (χ2v) is 7.23. The van der Waals surface area contributed by atoms with Crippen LogP contribution in [0.2, 0.25) is 0 Å². The highest BCUT2D eigenvalue weighted by atomic mass is 16.5. The molecule has 2 aromatic rings. The maximum Gasteiger partial charge on any atom is 0.339 e. The van der Waals surface area contributed by atoms with Gasteiger partial charge in [0.1, 0.15) is 5.75 Å². The Morgan fingerprint density at radius 2 is 1.92 bits per heavy atom. The monoisotopic (exact) mass is 339 g/mol. The fourth-order valence-electron chi connectivity index (χ4n) is 2.79. The number of anilines is 1. The van der Waals surface area contributed by atoms with Crippen LogP contribution in [0.1, 0.15) is 42.3 Å². The van der Waals surface area contributed by atoms with Gasteiger partial charge >= 0.3 is 5.97 Å². The fraction of sp³-hybridized carbons (Fsp3) is 0.300. The summed E-state index contributed by atoms with van der Waals surface area (Å²) in [7, 11) is 0. The number of aromatic hydroxyl groups is 1. The van der Waals surface area contributed by atoms with Gasteiger partial charge in [-0.05, 0) is 34.7 Å². The predicted molar refractivity (Wildman–Crippen MR) is 94.8 cm³/mol. The van der Waals surface area contributed by atoms with E-state index in [9.17, 15) is 14.7 Å². The number of nitrogens with one attached hydrogen (secondary N) is 1. The van der Waals surface area contributed by atoms with Crippen LogP contribution in [0.3, 0.4) is 0 Å². The first-order chi connectivity index (χ1) is 11.8. The van der Waals surface area contributed by atoms with Crippen molar-refractivity contribution in [2.45, 2.75) is 38.7 Å². The van der Waals surface area contributed by atoms with Gasteiger partial charge in [0.25, 0.3) is 5.91 Å². The first kappa shape index (κ1) is 17.0. The third-order valence-electron chi connectivity index (χ3n) is 4.30. The molecular weight excluding hydrogens is 318 g/mol. The summed E-state index contributed by atoms with van der Waals surface area (Å²) < 4.78 is 5.25. The number of benzene rings is 2. The molecule has 0 spiro atoms. The van der Waals surface area contributed by atoms with Gasteiger partial charge in [0, 0.05) is 6.42 Å². The maximum atomic E-state index is 12.5. The van der Waals surface area contributed by atoms with Crippen LogP contribution in [0, 0.1) is 0 Å². The number of fused-ring (bicyclic) bond motifs is 1. The van der Waals surface area contributed by atoms with Gasteiger partial charge in [-0.2, -0.15) is 0 Å². The standard InChI is InChI=1S/C20H21NO4/c1-20(2,3)13-8-9-16(22)15(11-13)21-18(23)17-10-12-6-4-5-7-14(12)19(24)25-17/h4-9,11,17,22H,10H2,1-3H3,(H,21,23). The second-order valence-electron chi connectivity index (χ2n) is 7.23. The quantitative estimate of drug-likeness (QED) is 0.649. The largest absolute Gasteiger partial charge is 0.506 e. The second kappa shape index (κ2) is 6.24. The topological polar surface area (TPSA) is 75.6 Å². The van der Waals surface area contributed by atoms with Gasteiger partial charge in [0.15, 0.2) is 6.10 Å². The number of rotatable bonds is 2. The van der Waals surface area contributed by atoms with E-state index >= 15 is 0 Å². The van der Waals surface area contributed by atoms with E-state index in [-0.39, 0.29) is 11.2 Å². The van der Waals surface area contributed by atoms with E-state index in [0.29, 0.717) is 17.7 Å². The van der Waals surface area contributed by atoms with Crippen LogP contribution in [-0.2, 0) is 21.4 Å². The number of carbonyl (C=O) groups is 2. The number of amides is 1. The lowest BCUT2D eigenvalue weighted by Gasteiger charge is -2.24. The lowest BCUT2D eigenvalue weighted by atomic mass is 9.87. The van der Waals surface area contributed by atoms with Crippen molar-refractivity contribution in [1.82, 2.24) is 0 Å². The van der Waals surface area contributed by atoms with Gasteiger partial charge in [0.05, 0.1) is 11.3 Å². The molecule has 1 aliphatic rings. The molecule has 1 heterocycles. The molecule has 1 amide bonds. The van der Waals surface area contributed by atoms with Crippen molar-refractivity contribution in [3.8, 4) is 5.75 Å². The third-order valence-corrected chi connectivity index (χ3v) is 4.30. The normalized spacial score (nSPS) is 16.8. The van der Waals surface area contributed by atoms with Crippen molar-refractivity contribution in [2.75, 3.05) is 5.32 Å². The molecule has 3 rings (SSSR count). The minimum atomic E-state index is -0.917. The summed E-state index contributed by atoms with van der Waals surface area (Å²) in [5, 5.41) is 12.7. The first-order valence-electron chi connectivity index (χ1n) is 8.19. The summed E-state index contributed by atoms with van der Waals surface area (Å²) in [6, 6.07) is 12.2. The molecule has 0 fully saturated rings. The van der Waals surface area contributed by atoms with Gasteiger partial charge in [-0.15, -0.1) is 0 Å². The molecule has 0 aromatic heterocycles. The zero-order chi connectivity index (χ0) is 18.2. The highest BCUT2D eigenvalue weighted by molar-refractivity contribution is 6.00. The zero-order valence-corrected chi connectivity index (χ0v) is 14.5. The van der Waals surface area contributed by atoms with Crippen LogP contribution in [0.5, 0.6) is 5.75 Å². The van der Waals surface area contributed by atoms with E-state index < -0.39 is 18.0 Å². The number of esters is 1. The molecule has 25 heavy (non-hydrogen) atoms. The summed E-state index contributed by atoms with van der Waals surface area (Å²) in [4.78, 5) is 24.6. The Morgan fingerprint density at radius 3 is 2.64 bits per heavy atom. The highest BCUT2D eigenvalue weighted by Gasteiger charge is 2.31. The molecule has 2 N–H and O–H groups in total. The zero-order valence-electron chi connectivity index (χ0n) is 14.5. The Balaban J connectivity index is 1.81. The first-order valence-corrected chi connectivity index (χ1v) is 8.19. The van der Waals surface area contributed by atoms with Gasteiger partial charge in [0.2, 0.25) is 0 Å². The SMILES string of the molecule is CC(C)(C)c1ccc(O)c(NC(=O)C2Cc3ccccc3C(=O)O2)c1. The molecule has 130 valence electrons. The minimum Gasteiger partial charge on any atom is -0.506 e. The third kappa shape index (κ3) is 3.50. The summed E-state index contributed by atoms with van der Waals surface area (Å²) in [6.45, 7) is 6.14. The molecule has 0 aliphatic carbocycles. The van der Waals surface area contributed by atoms with Crippen molar-refractivity contribution >= 4 is 17.6 Å².